The molecule has 0 aromatic carbocycles. The fraction of sp³-hybridized carbons (Fsp3) is 0.941. The van der Waals surface area contributed by atoms with E-state index in [2.05, 4.69) is 10.6 Å². The van der Waals surface area contributed by atoms with Crippen LogP contribution >= 0.6 is 0 Å². The van der Waals surface area contributed by atoms with Gasteiger partial charge in [0.1, 0.15) is 0 Å². The van der Waals surface area contributed by atoms with Crippen molar-refractivity contribution < 1.29 is 5.11 Å². The van der Waals surface area contributed by atoms with E-state index >= 15 is 0 Å². The van der Waals surface area contributed by atoms with E-state index in [1.807, 2.05) is 0 Å². The fourth-order valence-corrected chi connectivity index (χ4v) is 3.41. The lowest BCUT2D eigenvalue weighted by Crippen LogP contribution is -2.45. The molecule has 0 unspecified atom stereocenters. The van der Waals surface area contributed by atoms with Gasteiger partial charge < -0.3 is 15.7 Å². The van der Waals surface area contributed by atoms with Gasteiger partial charge in [-0.3, -0.25) is 0 Å². The highest BCUT2D eigenvalue weighted by Crippen LogP contribution is 2.21. The molecule has 0 amide bonds. The van der Waals surface area contributed by atoms with Crippen LogP contribution < -0.4 is 10.6 Å². The Balaban J connectivity index is 1.83. The Morgan fingerprint density at radius 2 is 1.57 bits per heavy atom. The summed E-state index contributed by atoms with van der Waals surface area (Å²) in [6.45, 7) is 1.19. The largest absolute Gasteiger partial charge is 0.396 e. The maximum Gasteiger partial charge on any atom is 0.191 e. The Hall–Kier alpha value is -0.770. The molecule has 0 atom stereocenters. The Morgan fingerprint density at radius 1 is 0.905 bits per heavy atom. The third-order valence-corrected chi connectivity index (χ3v) is 4.71. The van der Waals surface area contributed by atoms with Gasteiger partial charge in [-0.25, -0.2) is 4.99 Å². The van der Waals surface area contributed by atoms with Crippen LogP contribution in [0.3, 0.4) is 0 Å². The molecule has 2 aliphatic carbocycles. The average molecular weight is 295 g/mol. The molecule has 0 aromatic heterocycles. The molecule has 2 rings (SSSR count). The third kappa shape index (κ3) is 6.68. The number of rotatable bonds is 6. The van der Waals surface area contributed by atoms with E-state index in [0.717, 1.165) is 25.3 Å². The van der Waals surface area contributed by atoms with E-state index in [4.69, 9.17) is 10.1 Å². The van der Waals surface area contributed by atoms with Crippen molar-refractivity contribution in [1.82, 2.24) is 10.6 Å². The van der Waals surface area contributed by atoms with Crippen LogP contribution in [0.2, 0.25) is 0 Å². The van der Waals surface area contributed by atoms with Gasteiger partial charge in [0.15, 0.2) is 5.96 Å². The van der Waals surface area contributed by atoms with Gasteiger partial charge in [0.05, 0.1) is 6.04 Å². The van der Waals surface area contributed by atoms with Crippen molar-refractivity contribution in [2.24, 2.45) is 4.99 Å². The van der Waals surface area contributed by atoms with Crippen molar-refractivity contribution in [2.75, 3.05) is 13.2 Å². The Bertz CT molecular complexity index is 294. The summed E-state index contributed by atoms with van der Waals surface area (Å²) in [6, 6.07) is 1.11. The maximum absolute atomic E-state index is 8.88. The number of aliphatic hydroxyl groups excluding tert-OH is 1. The standard InChI is InChI=1S/C17H33N3O/c21-14-8-7-13-18-17(19-15-9-3-1-4-10-15)20-16-11-5-2-6-12-16/h15-16,21H,1-14H2,(H2,18,19,20). The predicted molar refractivity (Wildman–Crippen MR) is 88.6 cm³/mol. The van der Waals surface area contributed by atoms with Gasteiger partial charge in [-0.15, -0.1) is 0 Å². The van der Waals surface area contributed by atoms with Gasteiger partial charge in [-0.2, -0.15) is 0 Å². The molecule has 0 radical (unpaired) electrons. The van der Waals surface area contributed by atoms with Crippen molar-refractivity contribution in [3.8, 4) is 0 Å². The lowest BCUT2D eigenvalue weighted by molar-refractivity contribution is 0.284. The molecule has 4 nitrogen and oxygen atoms in total. The second kappa shape index (κ2) is 10.0. The van der Waals surface area contributed by atoms with E-state index in [1.54, 1.807) is 0 Å². The molecule has 0 aliphatic heterocycles. The van der Waals surface area contributed by atoms with Crippen LogP contribution in [0.25, 0.3) is 0 Å². The molecule has 21 heavy (non-hydrogen) atoms. The van der Waals surface area contributed by atoms with Crippen molar-refractivity contribution in [1.29, 1.82) is 0 Å². The van der Waals surface area contributed by atoms with E-state index in [1.165, 1.54) is 64.2 Å². The smallest absolute Gasteiger partial charge is 0.191 e. The Morgan fingerprint density at radius 3 is 2.24 bits per heavy atom. The summed E-state index contributed by atoms with van der Waals surface area (Å²) in [6.07, 6.45) is 15.0. The third-order valence-electron chi connectivity index (χ3n) is 4.71. The topological polar surface area (TPSA) is 56.6 Å². The second-order valence-electron chi connectivity index (χ2n) is 6.61. The van der Waals surface area contributed by atoms with E-state index in [9.17, 15) is 0 Å². The number of hydrogen-bond acceptors (Lipinski definition) is 2. The predicted octanol–water partition coefficient (Wildman–Crippen LogP) is 2.96. The summed E-state index contributed by atoms with van der Waals surface area (Å²) in [5.41, 5.74) is 0. The molecule has 0 bridgehead atoms. The maximum atomic E-state index is 8.88. The monoisotopic (exact) mass is 295 g/mol. The first kappa shape index (κ1) is 16.6. The molecule has 0 aromatic rings. The first-order valence-corrected chi connectivity index (χ1v) is 9.07. The first-order valence-electron chi connectivity index (χ1n) is 9.07. The number of hydrogen-bond donors (Lipinski definition) is 3. The normalized spacial score (nSPS) is 22.2. The molecule has 3 N–H and O–H groups in total. The minimum Gasteiger partial charge on any atom is -0.396 e. The van der Waals surface area contributed by atoms with E-state index < -0.39 is 0 Å². The summed E-state index contributed by atoms with van der Waals surface area (Å²) < 4.78 is 0. The van der Waals surface area contributed by atoms with Crippen LogP contribution in [0.5, 0.6) is 0 Å². The van der Waals surface area contributed by atoms with Crippen molar-refractivity contribution >= 4 is 5.96 Å². The molecule has 0 heterocycles. The zero-order valence-electron chi connectivity index (χ0n) is 13.4. The van der Waals surface area contributed by atoms with Crippen LogP contribution in [0.15, 0.2) is 4.99 Å². The summed E-state index contributed by atoms with van der Waals surface area (Å²) in [7, 11) is 0. The highest BCUT2D eigenvalue weighted by molar-refractivity contribution is 5.80. The van der Waals surface area contributed by atoms with Crippen LogP contribution in [0, 0.1) is 0 Å². The number of aliphatic imine (C=N–C) groups is 1. The van der Waals surface area contributed by atoms with Crippen molar-refractivity contribution in [2.45, 2.75) is 89.1 Å². The zero-order valence-corrected chi connectivity index (χ0v) is 13.4. The summed E-state index contributed by atoms with van der Waals surface area (Å²) in [5.74, 6) is 1.02. The summed E-state index contributed by atoms with van der Waals surface area (Å²) in [5, 5.41) is 16.0. The van der Waals surface area contributed by atoms with E-state index in [0.29, 0.717) is 12.1 Å². The highest BCUT2D eigenvalue weighted by atomic mass is 16.2. The van der Waals surface area contributed by atoms with Crippen molar-refractivity contribution in [3.63, 3.8) is 0 Å². The Kier molecular flexibility index (Phi) is 7.94. The molecule has 0 spiro atoms. The minimum absolute atomic E-state index is 0.285. The highest BCUT2D eigenvalue weighted by Gasteiger charge is 2.17. The number of unbranched alkanes of at least 4 members (excludes halogenated alkanes) is 1. The SMILES string of the molecule is OCCCCN/C(=N\C1CCCCC1)NC1CCCCC1. The number of aliphatic hydroxyl groups is 1. The second-order valence-corrected chi connectivity index (χ2v) is 6.61. The van der Waals surface area contributed by atoms with Crippen LogP contribution in [-0.4, -0.2) is 36.3 Å². The van der Waals surface area contributed by atoms with Crippen LogP contribution in [0.4, 0.5) is 0 Å². The molecule has 122 valence electrons. The summed E-state index contributed by atoms with van der Waals surface area (Å²) in [4.78, 5) is 4.96. The van der Waals surface area contributed by atoms with E-state index in [-0.39, 0.29) is 6.61 Å². The lowest BCUT2D eigenvalue weighted by atomic mass is 9.95. The zero-order chi connectivity index (χ0) is 14.8. The number of nitrogens with one attached hydrogen (secondary N) is 2. The van der Waals surface area contributed by atoms with Gasteiger partial charge in [0.2, 0.25) is 0 Å². The number of guanidine groups is 1. The number of nitrogens with zero attached hydrogens (tertiary/aromatic N) is 1. The van der Waals surface area contributed by atoms with Gasteiger partial charge in [0, 0.05) is 19.2 Å². The van der Waals surface area contributed by atoms with Crippen LogP contribution in [0.1, 0.15) is 77.0 Å². The molecule has 4 heteroatoms. The molecule has 2 saturated carbocycles. The van der Waals surface area contributed by atoms with Gasteiger partial charge in [-0.05, 0) is 38.5 Å². The quantitative estimate of drug-likeness (QED) is 0.401. The molecular weight excluding hydrogens is 262 g/mol. The molecule has 2 aliphatic rings. The molecule has 2 fully saturated rings. The van der Waals surface area contributed by atoms with Crippen LogP contribution in [-0.2, 0) is 0 Å². The van der Waals surface area contributed by atoms with Crippen molar-refractivity contribution in [3.05, 3.63) is 0 Å². The Labute approximate surface area is 129 Å². The average Bonchev–Trinajstić information content (AvgIpc) is 2.53. The fourth-order valence-electron chi connectivity index (χ4n) is 3.41. The van der Waals surface area contributed by atoms with Gasteiger partial charge in [-0.1, -0.05) is 38.5 Å². The molecule has 0 saturated heterocycles. The molecular formula is C17H33N3O. The van der Waals surface area contributed by atoms with Gasteiger partial charge in [0.25, 0.3) is 0 Å². The lowest BCUT2D eigenvalue weighted by Gasteiger charge is -2.27. The minimum atomic E-state index is 0.285. The van der Waals surface area contributed by atoms with Gasteiger partial charge >= 0.3 is 0 Å². The first-order chi connectivity index (χ1) is 10.4. The summed E-state index contributed by atoms with van der Waals surface area (Å²) >= 11 is 0.